The van der Waals surface area contributed by atoms with Gasteiger partial charge in [0.1, 0.15) is 0 Å². The zero-order valence-electron chi connectivity index (χ0n) is 13.6. The van der Waals surface area contributed by atoms with Gasteiger partial charge in [0.2, 0.25) is 0 Å². The first kappa shape index (κ1) is 16.4. The second kappa shape index (κ2) is 5.86. The van der Waals surface area contributed by atoms with E-state index in [4.69, 9.17) is 0 Å². The van der Waals surface area contributed by atoms with E-state index < -0.39 is 0 Å². The number of aliphatic imine (C=N–C) groups is 1. The number of benzene rings is 1. The van der Waals surface area contributed by atoms with Crippen LogP contribution in [-0.2, 0) is 4.79 Å². The molecule has 118 valence electrons. The number of ketones is 1. The lowest BCUT2D eigenvalue weighted by molar-refractivity contribution is -0.118. The zero-order valence-corrected chi connectivity index (χ0v) is 15.7. The van der Waals surface area contributed by atoms with Crippen LogP contribution < -0.4 is 0 Å². The van der Waals surface area contributed by atoms with Crippen LogP contribution >= 0.6 is 22.6 Å². The smallest absolute Gasteiger partial charge is 0.161 e. The van der Waals surface area contributed by atoms with Crippen molar-refractivity contribution in [1.29, 1.82) is 5.26 Å². The minimum Gasteiger partial charge on any atom is -0.294 e. The monoisotopic (exact) mass is 418 g/mol. The molecule has 1 aromatic rings. The summed E-state index contributed by atoms with van der Waals surface area (Å²) in [5.74, 6) is -0.400. The first-order valence-electron chi connectivity index (χ1n) is 7.79. The molecule has 4 heteroatoms. The van der Waals surface area contributed by atoms with Gasteiger partial charge in [-0.15, -0.1) is 0 Å². The first-order valence-corrected chi connectivity index (χ1v) is 8.87. The second-order valence-electron chi connectivity index (χ2n) is 7.19. The van der Waals surface area contributed by atoms with Crippen molar-refractivity contribution in [1.82, 2.24) is 0 Å². The van der Waals surface area contributed by atoms with Crippen LogP contribution in [0, 0.1) is 26.2 Å². The highest BCUT2D eigenvalue weighted by molar-refractivity contribution is 14.1. The van der Waals surface area contributed by atoms with E-state index in [0.29, 0.717) is 6.42 Å². The molecule has 2 aliphatic rings. The van der Waals surface area contributed by atoms with Gasteiger partial charge in [-0.05, 0) is 59.0 Å². The van der Waals surface area contributed by atoms with Crippen LogP contribution in [-0.4, -0.2) is 11.5 Å². The van der Waals surface area contributed by atoms with Gasteiger partial charge in [-0.2, -0.15) is 5.26 Å². The maximum absolute atomic E-state index is 12.8. The Kier molecular flexibility index (Phi) is 4.18. The summed E-state index contributed by atoms with van der Waals surface area (Å²) >= 11 is 2.26. The molecule has 0 radical (unpaired) electrons. The van der Waals surface area contributed by atoms with E-state index in [-0.39, 0.29) is 23.0 Å². The molecular formula is C19H19IN2O. The molecule has 3 nitrogen and oxygen atoms in total. The van der Waals surface area contributed by atoms with Crippen molar-refractivity contribution in [2.75, 3.05) is 0 Å². The number of nitriles is 1. The van der Waals surface area contributed by atoms with Gasteiger partial charge in [-0.1, -0.05) is 26.0 Å². The lowest BCUT2D eigenvalue weighted by Gasteiger charge is -2.37. The molecule has 1 unspecified atom stereocenters. The number of hydrogen-bond acceptors (Lipinski definition) is 3. The van der Waals surface area contributed by atoms with E-state index in [1.54, 1.807) is 0 Å². The second-order valence-corrected chi connectivity index (χ2v) is 8.44. The van der Waals surface area contributed by atoms with E-state index in [1.165, 1.54) is 0 Å². The molecule has 1 aliphatic carbocycles. The minimum absolute atomic E-state index is 0.0597. The van der Waals surface area contributed by atoms with Gasteiger partial charge >= 0.3 is 0 Å². The van der Waals surface area contributed by atoms with Crippen LogP contribution in [0.3, 0.4) is 0 Å². The topological polar surface area (TPSA) is 53.2 Å². The fraction of sp³-hybridized carbons (Fsp3) is 0.421. The Balaban J connectivity index is 2.17. The predicted molar refractivity (Wildman–Crippen MR) is 99.2 cm³/mol. The SMILES string of the molecule is CC1=NC2=C(C(=O)CC(C)(C)C2)[C@H](c2ccc(I)cc2)C1C#N. The molecule has 3 rings (SSSR count). The normalized spacial score (nSPS) is 26.4. The Morgan fingerprint density at radius 2 is 1.91 bits per heavy atom. The largest absolute Gasteiger partial charge is 0.294 e. The van der Waals surface area contributed by atoms with E-state index in [1.807, 2.05) is 31.2 Å². The lowest BCUT2D eigenvalue weighted by atomic mass is 9.67. The molecular weight excluding hydrogens is 399 g/mol. The van der Waals surface area contributed by atoms with Crippen LogP contribution in [0.15, 0.2) is 40.5 Å². The molecule has 0 spiro atoms. The number of carbonyl (C=O) groups excluding carboxylic acids is 1. The third-order valence-electron chi connectivity index (χ3n) is 4.67. The minimum atomic E-state index is -0.362. The van der Waals surface area contributed by atoms with Crippen LogP contribution in [0.4, 0.5) is 0 Å². The third-order valence-corrected chi connectivity index (χ3v) is 5.39. The molecule has 0 fully saturated rings. The molecule has 1 heterocycles. The molecule has 0 saturated heterocycles. The summed E-state index contributed by atoms with van der Waals surface area (Å²) in [6, 6.07) is 10.5. The number of halogens is 1. The van der Waals surface area contributed by atoms with E-state index in [9.17, 15) is 10.1 Å². The quantitative estimate of drug-likeness (QED) is 0.625. The Bertz CT molecular complexity index is 766. The molecule has 2 atom stereocenters. The summed E-state index contributed by atoms with van der Waals surface area (Å²) < 4.78 is 1.14. The van der Waals surface area contributed by atoms with Crippen molar-refractivity contribution < 1.29 is 4.79 Å². The highest BCUT2D eigenvalue weighted by Crippen LogP contribution is 2.47. The number of carbonyl (C=O) groups is 1. The number of hydrogen-bond donors (Lipinski definition) is 0. The molecule has 1 aliphatic heterocycles. The molecule has 0 amide bonds. The van der Waals surface area contributed by atoms with Crippen molar-refractivity contribution in [3.63, 3.8) is 0 Å². The molecule has 23 heavy (non-hydrogen) atoms. The Morgan fingerprint density at radius 1 is 1.26 bits per heavy atom. The Morgan fingerprint density at radius 3 is 2.52 bits per heavy atom. The summed E-state index contributed by atoms with van der Waals surface area (Å²) in [4.78, 5) is 17.5. The van der Waals surface area contributed by atoms with Crippen molar-refractivity contribution in [2.24, 2.45) is 16.3 Å². The summed E-state index contributed by atoms with van der Waals surface area (Å²) in [6.45, 7) is 6.12. The average Bonchev–Trinajstić information content (AvgIpc) is 2.45. The number of nitrogens with zero attached hydrogens (tertiary/aromatic N) is 2. The van der Waals surface area contributed by atoms with Gasteiger partial charge in [0.25, 0.3) is 0 Å². The van der Waals surface area contributed by atoms with E-state index >= 15 is 0 Å². The fourth-order valence-corrected chi connectivity index (χ4v) is 4.00. The number of Topliss-reactive ketones (excluding diaryl/α,β-unsaturated/α-hetero) is 1. The number of allylic oxidation sites excluding steroid dienone is 2. The third kappa shape index (κ3) is 2.99. The highest BCUT2D eigenvalue weighted by atomic mass is 127. The van der Waals surface area contributed by atoms with Gasteiger partial charge in [-0.25, -0.2) is 0 Å². The van der Waals surface area contributed by atoms with Gasteiger partial charge < -0.3 is 0 Å². The molecule has 0 aromatic heterocycles. The van der Waals surface area contributed by atoms with Crippen molar-refractivity contribution in [3.05, 3.63) is 44.7 Å². The predicted octanol–water partition coefficient (Wildman–Crippen LogP) is 4.63. The molecule has 0 N–H and O–H groups in total. The Hall–Kier alpha value is -1.48. The van der Waals surface area contributed by atoms with Gasteiger partial charge in [0.15, 0.2) is 5.78 Å². The van der Waals surface area contributed by atoms with Crippen LogP contribution in [0.5, 0.6) is 0 Å². The van der Waals surface area contributed by atoms with Crippen LogP contribution in [0.2, 0.25) is 0 Å². The highest BCUT2D eigenvalue weighted by Gasteiger charge is 2.42. The molecule has 1 aromatic carbocycles. The summed E-state index contributed by atoms with van der Waals surface area (Å²) in [5, 5.41) is 9.66. The van der Waals surface area contributed by atoms with Crippen LogP contribution in [0.1, 0.15) is 45.1 Å². The van der Waals surface area contributed by atoms with Gasteiger partial charge in [0, 0.05) is 32.9 Å². The van der Waals surface area contributed by atoms with E-state index in [2.05, 4.69) is 47.5 Å². The summed E-state index contributed by atoms with van der Waals surface area (Å²) in [7, 11) is 0. The average molecular weight is 418 g/mol. The fourth-order valence-electron chi connectivity index (χ4n) is 3.64. The number of rotatable bonds is 1. The maximum atomic E-state index is 12.8. The summed E-state index contributed by atoms with van der Waals surface area (Å²) in [5.41, 5.74) is 3.45. The van der Waals surface area contributed by atoms with Crippen molar-refractivity contribution in [3.8, 4) is 6.07 Å². The Labute approximate surface area is 150 Å². The summed E-state index contributed by atoms with van der Waals surface area (Å²) in [6.07, 6.45) is 1.32. The lowest BCUT2D eigenvalue weighted by Crippen LogP contribution is -2.35. The van der Waals surface area contributed by atoms with E-state index in [0.717, 1.165) is 32.5 Å². The zero-order chi connectivity index (χ0) is 16.8. The maximum Gasteiger partial charge on any atom is 0.161 e. The van der Waals surface area contributed by atoms with Gasteiger partial charge in [-0.3, -0.25) is 9.79 Å². The van der Waals surface area contributed by atoms with Crippen LogP contribution in [0.25, 0.3) is 0 Å². The standard InChI is InChI=1S/C19H19IN2O/c1-11-14(10-21)17(12-4-6-13(20)7-5-12)18-15(22-11)8-19(2,3)9-16(18)23/h4-7,14,17H,8-9H2,1-3H3/t14?,17-/m1/s1. The first-order chi connectivity index (χ1) is 10.8. The molecule has 0 saturated carbocycles. The molecule has 0 bridgehead atoms. The van der Waals surface area contributed by atoms with Crippen molar-refractivity contribution >= 4 is 34.1 Å². The van der Waals surface area contributed by atoms with Gasteiger partial charge in [0.05, 0.1) is 12.0 Å². The van der Waals surface area contributed by atoms with Crippen molar-refractivity contribution in [2.45, 2.75) is 39.5 Å².